The van der Waals surface area contributed by atoms with E-state index in [1.807, 2.05) is 0 Å². The molecule has 0 heterocycles. The molecule has 102 heavy (non-hydrogen) atoms. The van der Waals surface area contributed by atoms with Crippen LogP contribution in [0.1, 0.15) is 352 Å². The molecule has 3 atom stereocenters. The summed E-state index contributed by atoms with van der Waals surface area (Å²) in [5.74, 6) is 3.29. The molecule has 3 unspecified atom stereocenters. The largest absolute Gasteiger partial charge is 0.465 e. The van der Waals surface area contributed by atoms with Crippen molar-refractivity contribution in [1.29, 1.82) is 0 Å². The van der Waals surface area contributed by atoms with Crippen molar-refractivity contribution in [2.24, 2.45) is 70.5 Å². The molecule has 18 nitrogen and oxygen atoms in total. The molecule has 0 spiro atoms. The van der Waals surface area contributed by atoms with Crippen LogP contribution in [0.3, 0.4) is 0 Å². The van der Waals surface area contributed by atoms with E-state index in [9.17, 15) is 59.4 Å². The zero-order valence-corrected chi connectivity index (χ0v) is 66.1. The average molecular weight is 1450 g/mol. The second-order valence-corrected chi connectivity index (χ2v) is 33.3. The Morgan fingerprint density at radius 2 is 0.696 bits per heavy atom. The van der Waals surface area contributed by atoms with Gasteiger partial charge in [0.1, 0.15) is 6.10 Å². The average Bonchev–Trinajstić information content (AvgIpc) is 0.836. The van der Waals surface area contributed by atoms with E-state index in [1.54, 1.807) is 0 Å². The van der Waals surface area contributed by atoms with Crippen molar-refractivity contribution in [2.75, 3.05) is 33.0 Å². The Morgan fingerprint density at radius 1 is 0.373 bits per heavy atom. The summed E-state index contributed by atoms with van der Waals surface area (Å²) in [5, 5.41) is 56.3. The highest BCUT2D eigenvalue weighted by Gasteiger charge is 2.37. The predicted molar refractivity (Wildman–Crippen MR) is 401 cm³/mol. The third-order valence-electron chi connectivity index (χ3n) is 23.1. The molecule has 0 radical (unpaired) electrons. The molecule has 8 aliphatic carbocycles. The number of carbonyl (C=O) groups excluding carboxylic acids is 6. The van der Waals surface area contributed by atoms with Gasteiger partial charge < -0.3 is 59.1 Å². The van der Waals surface area contributed by atoms with E-state index in [2.05, 4.69) is 69.2 Å². The number of hydrogen-bond donors (Lipinski definition) is 6. The lowest BCUT2D eigenvalue weighted by Crippen LogP contribution is -2.36. The van der Waals surface area contributed by atoms with Crippen molar-refractivity contribution >= 4 is 35.8 Å². The first-order valence-electron chi connectivity index (χ1n) is 41.9. The molecule has 0 amide bonds. The molecule has 0 bridgehead atoms. The second kappa shape index (κ2) is 54.2. The molecule has 596 valence electrons. The summed E-state index contributed by atoms with van der Waals surface area (Å²) in [5.41, 5.74) is 0.283. The van der Waals surface area contributed by atoms with Crippen LogP contribution in [0, 0.1) is 70.5 Å². The Kier molecular flexibility index (Phi) is 49.3. The van der Waals surface area contributed by atoms with Gasteiger partial charge in [-0.3, -0.25) is 28.8 Å². The van der Waals surface area contributed by atoms with Crippen LogP contribution in [0.15, 0.2) is 0 Å². The summed E-state index contributed by atoms with van der Waals surface area (Å²) >= 11 is 0. The van der Waals surface area contributed by atoms with Crippen LogP contribution >= 0.6 is 0 Å². The Balaban J connectivity index is 0.000000320. The normalized spacial score (nSPS) is 30.2. The molecule has 0 aromatic rings. The number of esters is 6. The lowest BCUT2D eigenvalue weighted by Gasteiger charge is -2.39. The third-order valence-corrected chi connectivity index (χ3v) is 23.1. The fraction of sp³-hybridized carbons (Fsp3) is 0.929. The zero-order valence-electron chi connectivity index (χ0n) is 66.1. The van der Waals surface area contributed by atoms with Crippen molar-refractivity contribution in [3.63, 3.8) is 0 Å². The number of aliphatic hydroxyl groups excluding tert-OH is 6. The van der Waals surface area contributed by atoms with Gasteiger partial charge in [0.2, 0.25) is 0 Å². The van der Waals surface area contributed by atoms with E-state index in [0.29, 0.717) is 50.8 Å². The molecule has 8 aliphatic rings. The highest BCUT2D eigenvalue weighted by molar-refractivity contribution is 5.74. The molecule has 0 saturated heterocycles. The second-order valence-electron chi connectivity index (χ2n) is 33.3. The smallest absolute Gasteiger partial charge is 0.309 e. The fourth-order valence-corrected chi connectivity index (χ4v) is 15.9. The molecule has 8 saturated carbocycles. The molecule has 0 aromatic carbocycles. The third kappa shape index (κ3) is 41.1. The number of aliphatic hydroxyl groups is 6. The minimum atomic E-state index is -0.210. The maximum absolute atomic E-state index is 12.2. The van der Waals surface area contributed by atoms with E-state index in [0.717, 1.165) is 237 Å². The van der Waals surface area contributed by atoms with Gasteiger partial charge in [0.05, 0.1) is 105 Å². The van der Waals surface area contributed by atoms with Gasteiger partial charge in [-0.25, -0.2) is 0 Å². The van der Waals surface area contributed by atoms with Gasteiger partial charge in [0.15, 0.2) is 0 Å². The molecule has 18 heteroatoms. The van der Waals surface area contributed by atoms with Crippen LogP contribution in [-0.4, -0.2) is 142 Å². The summed E-state index contributed by atoms with van der Waals surface area (Å²) in [7, 11) is 0. The first kappa shape index (κ1) is 92.8. The van der Waals surface area contributed by atoms with Gasteiger partial charge in [-0.2, -0.15) is 0 Å². The Bertz CT molecular complexity index is 2170. The minimum absolute atomic E-state index is 0.0174. The van der Waals surface area contributed by atoms with Gasteiger partial charge in [-0.15, -0.1) is 0 Å². The van der Waals surface area contributed by atoms with Crippen LogP contribution in [0.2, 0.25) is 0 Å². The summed E-state index contributed by atoms with van der Waals surface area (Å²) < 4.78 is 32.3. The molecule has 0 aliphatic heterocycles. The first-order chi connectivity index (χ1) is 48.8. The molecule has 0 aromatic heterocycles. The summed E-state index contributed by atoms with van der Waals surface area (Å²) in [6.45, 7) is 25.0. The number of hydrogen-bond acceptors (Lipinski definition) is 18. The number of unbranched alkanes of at least 4 members (excludes halogenated alkanes) is 7. The Hall–Kier alpha value is -3.42. The molecule has 8 fully saturated rings. The van der Waals surface area contributed by atoms with Crippen molar-refractivity contribution in [3.8, 4) is 0 Å². The van der Waals surface area contributed by atoms with Crippen LogP contribution in [-0.2, 0) is 57.2 Å². The summed E-state index contributed by atoms with van der Waals surface area (Å²) in [4.78, 5) is 70.8. The minimum Gasteiger partial charge on any atom is -0.465 e. The summed E-state index contributed by atoms with van der Waals surface area (Å²) in [6.07, 6.45) is 39.9. The fourth-order valence-electron chi connectivity index (χ4n) is 15.9. The highest BCUT2D eigenvalue weighted by Crippen LogP contribution is 2.41. The van der Waals surface area contributed by atoms with E-state index >= 15 is 0 Å². The van der Waals surface area contributed by atoms with Gasteiger partial charge in [-0.1, -0.05) is 127 Å². The molecule has 6 N–H and O–H groups in total. The quantitative estimate of drug-likeness (QED) is 0.0241. The Labute approximate surface area is 618 Å². The number of rotatable bonds is 28. The number of ether oxygens (including phenoxy) is 6. The Morgan fingerprint density at radius 3 is 1.04 bits per heavy atom. The lowest BCUT2D eigenvalue weighted by molar-refractivity contribution is -0.160. The van der Waals surface area contributed by atoms with Crippen LogP contribution < -0.4 is 0 Å². The predicted octanol–water partition coefficient (Wildman–Crippen LogP) is 16.9. The van der Waals surface area contributed by atoms with Gasteiger partial charge >= 0.3 is 35.8 Å². The van der Waals surface area contributed by atoms with Crippen molar-refractivity contribution in [3.05, 3.63) is 0 Å². The van der Waals surface area contributed by atoms with E-state index < -0.39 is 0 Å². The molecule has 8 rings (SSSR count). The van der Waals surface area contributed by atoms with E-state index in [1.165, 1.54) is 57.8 Å². The number of carbonyl (C=O) groups is 6. The van der Waals surface area contributed by atoms with E-state index in [-0.39, 0.29) is 119 Å². The SMILES string of the molecule is CC(C)C1CCC(COC(=O)C2CCC(O)CC2)CC1.CC1CC(OC(=O)C2CCC(O)CC2)CC(C)(C)C1.CCCCC(CC)COC(=O)C1CCC(O)CC1.CCCCCCOC(=O)C1CCC(O)CC1.CCCCCOC(=O)C1CCC(O)CC1.CCCCOC(=O)C1CCC(O)CC1. The lowest BCUT2D eigenvalue weighted by atomic mass is 9.71. The van der Waals surface area contributed by atoms with Gasteiger partial charge in [-0.05, 0) is 260 Å². The topological polar surface area (TPSA) is 279 Å². The van der Waals surface area contributed by atoms with E-state index in [4.69, 9.17) is 28.4 Å². The molecular formula is C84H152O18. The molecular weight excluding hydrogens is 1300 g/mol. The maximum atomic E-state index is 12.2. The van der Waals surface area contributed by atoms with Crippen molar-refractivity contribution in [1.82, 2.24) is 0 Å². The first-order valence-corrected chi connectivity index (χ1v) is 41.9. The zero-order chi connectivity index (χ0) is 75.2. The highest BCUT2D eigenvalue weighted by atomic mass is 16.6. The van der Waals surface area contributed by atoms with Gasteiger partial charge in [0, 0.05) is 0 Å². The van der Waals surface area contributed by atoms with Crippen LogP contribution in [0.25, 0.3) is 0 Å². The van der Waals surface area contributed by atoms with Crippen molar-refractivity contribution in [2.45, 2.75) is 394 Å². The van der Waals surface area contributed by atoms with Crippen LogP contribution in [0.4, 0.5) is 0 Å². The standard InChI is InChI=1S/C17H30O3.C16H28O3.C15H28O3.C13H24O3.C12H22O3.C11H20O3/c1-12(2)14-5-3-13(4-6-14)11-20-17(19)15-7-9-16(18)10-8-15;1-11-8-14(10-16(2,3)9-11)19-15(18)12-4-6-13(17)7-5-12;1-3-5-6-12(4-2)11-18-15(17)13-7-9-14(16)10-8-13;1-2-3-4-5-10-16-13(15)11-6-8-12(14)9-7-11;1-2-3-4-9-15-12(14)10-5-7-11(13)8-6-10;1-2-3-8-14-11(13)9-4-6-10(12)7-5-9/h12-16,18H,3-11H2,1-2H3;11-14,17H,4-10H2,1-3H3;12-14,16H,3-11H2,1-2H3;11-12,14H,2-10H2,1H3;10-11,13H,2-9H2,1H3;9-10,12H,2-8H2,1H3. The van der Waals surface area contributed by atoms with Crippen LogP contribution in [0.5, 0.6) is 0 Å². The van der Waals surface area contributed by atoms with Gasteiger partial charge in [0.25, 0.3) is 0 Å². The van der Waals surface area contributed by atoms with Crippen molar-refractivity contribution < 1.29 is 87.8 Å². The summed E-state index contributed by atoms with van der Waals surface area (Å²) in [6, 6.07) is 0. The maximum Gasteiger partial charge on any atom is 0.309 e. The monoisotopic (exact) mass is 1450 g/mol.